The van der Waals surface area contributed by atoms with E-state index < -0.39 is 12.1 Å². The van der Waals surface area contributed by atoms with Crippen molar-refractivity contribution >= 4 is 22.0 Å². The first-order valence-electron chi connectivity index (χ1n) is 6.49. The molecule has 0 aliphatic heterocycles. The molecule has 0 fully saturated rings. The molecular weight excluding hydrogens is 337 g/mol. The molecule has 0 aliphatic rings. The van der Waals surface area contributed by atoms with E-state index in [0.29, 0.717) is 10.0 Å². The lowest BCUT2D eigenvalue weighted by atomic mass is 10.1. The number of nitrogens with one attached hydrogen (secondary N) is 1. The van der Waals surface area contributed by atoms with Gasteiger partial charge < -0.3 is 10.1 Å². The van der Waals surface area contributed by atoms with Crippen molar-refractivity contribution in [3.05, 3.63) is 69.9 Å². The van der Waals surface area contributed by atoms with Crippen LogP contribution in [0.3, 0.4) is 0 Å². The summed E-state index contributed by atoms with van der Waals surface area (Å²) in [6.45, 7) is 1.88. The quantitative estimate of drug-likeness (QED) is 0.875. The Hall–Kier alpha value is -1.88. The summed E-state index contributed by atoms with van der Waals surface area (Å²) in [6, 6.07) is 13.5. The van der Waals surface area contributed by atoms with E-state index in [9.17, 15) is 9.18 Å². The Kier molecular flexibility index (Phi) is 5.33. The van der Waals surface area contributed by atoms with E-state index in [1.165, 1.54) is 6.07 Å². The topological polar surface area (TPSA) is 38.3 Å². The van der Waals surface area contributed by atoms with Crippen LogP contribution in [0.5, 0.6) is 0 Å². The maximum atomic E-state index is 13.8. The molecule has 1 amide bonds. The lowest BCUT2D eigenvalue weighted by molar-refractivity contribution is 0.136. The van der Waals surface area contributed by atoms with Gasteiger partial charge in [-0.15, -0.1) is 0 Å². The van der Waals surface area contributed by atoms with Crippen molar-refractivity contribution in [3.8, 4) is 0 Å². The Bertz CT molecular complexity index is 599. The molecule has 21 heavy (non-hydrogen) atoms. The Labute approximate surface area is 131 Å². The maximum Gasteiger partial charge on any atom is 0.407 e. The summed E-state index contributed by atoms with van der Waals surface area (Å²) < 4.78 is 19.5. The number of hydrogen-bond donors (Lipinski definition) is 1. The lowest BCUT2D eigenvalue weighted by Crippen LogP contribution is -2.28. The van der Waals surface area contributed by atoms with E-state index >= 15 is 0 Å². The van der Waals surface area contributed by atoms with Crippen LogP contribution in [0.2, 0.25) is 0 Å². The zero-order chi connectivity index (χ0) is 15.2. The molecule has 0 aromatic heterocycles. The minimum absolute atomic E-state index is 0.178. The summed E-state index contributed by atoms with van der Waals surface area (Å²) in [6.07, 6.45) is -0.582. The molecule has 1 N–H and O–H groups in total. The van der Waals surface area contributed by atoms with Crippen LogP contribution in [0.25, 0.3) is 0 Å². The van der Waals surface area contributed by atoms with Crippen molar-refractivity contribution in [3.63, 3.8) is 0 Å². The smallest absolute Gasteiger partial charge is 0.407 e. The standard InChI is InChI=1S/C16H15BrFNO2/c1-11(15-13(17)8-5-9-14(15)18)19-16(20)21-10-12-6-3-2-4-7-12/h2-9,11H,10H2,1H3,(H,19,20). The van der Waals surface area contributed by atoms with Gasteiger partial charge in [-0.05, 0) is 24.6 Å². The van der Waals surface area contributed by atoms with Crippen LogP contribution in [0, 0.1) is 5.82 Å². The molecule has 2 aromatic rings. The number of hydrogen-bond acceptors (Lipinski definition) is 2. The van der Waals surface area contributed by atoms with E-state index in [1.54, 1.807) is 19.1 Å². The highest BCUT2D eigenvalue weighted by molar-refractivity contribution is 9.10. The fourth-order valence-corrected chi connectivity index (χ4v) is 2.62. The van der Waals surface area contributed by atoms with Gasteiger partial charge in [0.15, 0.2) is 0 Å². The summed E-state index contributed by atoms with van der Waals surface area (Å²) in [5, 5.41) is 2.62. The maximum absolute atomic E-state index is 13.8. The van der Waals surface area contributed by atoms with Crippen molar-refractivity contribution in [1.82, 2.24) is 5.32 Å². The molecule has 2 rings (SSSR count). The second-order valence-corrected chi connectivity index (χ2v) is 5.42. The molecule has 5 heteroatoms. The van der Waals surface area contributed by atoms with Crippen LogP contribution in [-0.4, -0.2) is 6.09 Å². The van der Waals surface area contributed by atoms with E-state index in [-0.39, 0.29) is 12.4 Å². The van der Waals surface area contributed by atoms with Gasteiger partial charge in [-0.1, -0.05) is 52.3 Å². The molecule has 0 saturated carbocycles. The minimum atomic E-state index is -0.582. The van der Waals surface area contributed by atoms with Crippen LogP contribution < -0.4 is 5.32 Å². The average molecular weight is 352 g/mol. The van der Waals surface area contributed by atoms with Gasteiger partial charge in [-0.2, -0.15) is 0 Å². The number of halogens is 2. The van der Waals surface area contributed by atoms with Crippen molar-refractivity contribution < 1.29 is 13.9 Å². The Morgan fingerprint density at radius 3 is 2.62 bits per heavy atom. The molecule has 0 aliphatic carbocycles. The van der Waals surface area contributed by atoms with Crippen LogP contribution in [0.4, 0.5) is 9.18 Å². The van der Waals surface area contributed by atoms with E-state index in [0.717, 1.165) is 5.56 Å². The van der Waals surface area contributed by atoms with Gasteiger partial charge in [0.25, 0.3) is 0 Å². The first kappa shape index (κ1) is 15.5. The molecule has 0 bridgehead atoms. The summed E-state index contributed by atoms with van der Waals surface area (Å²) in [5.74, 6) is -0.375. The molecular formula is C16H15BrFNO2. The Balaban J connectivity index is 1.93. The van der Waals surface area contributed by atoms with Crippen LogP contribution >= 0.6 is 15.9 Å². The molecule has 2 aromatic carbocycles. The molecule has 0 heterocycles. The highest BCUT2D eigenvalue weighted by atomic mass is 79.9. The minimum Gasteiger partial charge on any atom is -0.445 e. The third-order valence-corrected chi connectivity index (χ3v) is 3.67. The van der Waals surface area contributed by atoms with Crippen molar-refractivity contribution in [2.24, 2.45) is 0 Å². The molecule has 0 spiro atoms. The van der Waals surface area contributed by atoms with Crippen LogP contribution in [-0.2, 0) is 11.3 Å². The van der Waals surface area contributed by atoms with Crippen molar-refractivity contribution in [2.75, 3.05) is 0 Å². The van der Waals surface area contributed by atoms with Gasteiger partial charge >= 0.3 is 6.09 Å². The van der Waals surface area contributed by atoms with Crippen molar-refractivity contribution in [1.29, 1.82) is 0 Å². The first-order chi connectivity index (χ1) is 10.1. The summed E-state index contributed by atoms with van der Waals surface area (Å²) >= 11 is 3.28. The summed E-state index contributed by atoms with van der Waals surface area (Å²) in [4.78, 5) is 11.8. The molecule has 0 saturated heterocycles. The highest BCUT2D eigenvalue weighted by Gasteiger charge is 2.17. The van der Waals surface area contributed by atoms with Gasteiger partial charge in [-0.25, -0.2) is 9.18 Å². The molecule has 0 radical (unpaired) electrons. The number of carbonyl (C=O) groups excluding carboxylic acids is 1. The van der Waals surface area contributed by atoms with E-state index in [4.69, 9.17) is 4.74 Å². The normalized spacial score (nSPS) is 11.8. The lowest BCUT2D eigenvalue weighted by Gasteiger charge is -2.16. The monoisotopic (exact) mass is 351 g/mol. The number of rotatable bonds is 4. The van der Waals surface area contributed by atoms with Gasteiger partial charge in [0.2, 0.25) is 0 Å². The van der Waals surface area contributed by atoms with Crippen molar-refractivity contribution in [2.45, 2.75) is 19.6 Å². The Morgan fingerprint density at radius 1 is 1.24 bits per heavy atom. The zero-order valence-electron chi connectivity index (χ0n) is 11.5. The molecule has 110 valence electrons. The SMILES string of the molecule is CC(NC(=O)OCc1ccccc1)c1c(F)cccc1Br. The molecule has 3 nitrogen and oxygen atoms in total. The third kappa shape index (κ3) is 4.29. The highest BCUT2D eigenvalue weighted by Crippen LogP contribution is 2.26. The van der Waals surface area contributed by atoms with E-state index in [1.807, 2.05) is 30.3 Å². The third-order valence-electron chi connectivity index (χ3n) is 2.98. The number of amides is 1. The van der Waals surface area contributed by atoms with E-state index in [2.05, 4.69) is 21.2 Å². The second-order valence-electron chi connectivity index (χ2n) is 4.56. The predicted molar refractivity (Wildman–Crippen MR) is 82.3 cm³/mol. The number of alkyl carbamates (subject to hydrolysis) is 1. The molecule has 1 unspecified atom stereocenters. The van der Waals surface area contributed by atoms with Crippen LogP contribution in [0.15, 0.2) is 53.0 Å². The Morgan fingerprint density at radius 2 is 1.95 bits per heavy atom. The largest absolute Gasteiger partial charge is 0.445 e. The molecule has 1 atom stereocenters. The summed E-state index contributed by atoms with van der Waals surface area (Å²) in [5.41, 5.74) is 1.29. The number of ether oxygens (including phenoxy) is 1. The zero-order valence-corrected chi connectivity index (χ0v) is 13.1. The number of benzene rings is 2. The second kappa shape index (κ2) is 7.22. The van der Waals surface area contributed by atoms with Gasteiger partial charge in [0.05, 0.1) is 6.04 Å². The van der Waals surface area contributed by atoms with Gasteiger partial charge in [0.1, 0.15) is 12.4 Å². The van der Waals surface area contributed by atoms with Gasteiger partial charge in [0, 0.05) is 10.0 Å². The van der Waals surface area contributed by atoms with Gasteiger partial charge in [-0.3, -0.25) is 0 Å². The summed E-state index contributed by atoms with van der Waals surface area (Å²) in [7, 11) is 0. The predicted octanol–water partition coefficient (Wildman–Crippen LogP) is 4.58. The fraction of sp³-hybridized carbons (Fsp3) is 0.188. The van der Waals surface area contributed by atoms with Crippen LogP contribution in [0.1, 0.15) is 24.1 Å². The first-order valence-corrected chi connectivity index (χ1v) is 7.28. The fourth-order valence-electron chi connectivity index (χ4n) is 1.94. The number of carbonyl (C=O) groups is 1. The average Bonchev–Trinajstić information content (AvgIpc) is 2.46.